The van der Waals surface area contributed by atoms with Crippen molar-refractivity contribution in [2.45, 2.75) is 26.3 Å². The number of benzene rings is 1. The Hall–Kier alpha value is -2.74. The molecule has 138 valence electrons. The molecule has 1 aromatic carbocycles. The molecular formula is C19H19BrN6O. The van der Waals surface area contributed by atoms with Crippen LogP contribution in [-0.2, 0) is 6.42 Å². The molecule has 0 aliphatic carbocycles. The molecule has 27 heavy (non-hydrogen) atoms. The first-order valence-electron chi connectivity index (χ1n) is 8.77. The smallest absolute Gasteiger partial charge is 0.310 e. The minimum Gasteiger partial charge on any atom is -0.310 e. The molecule has 0 radical (unpaired) electrons. The zero-order chi connectivity index (χ0) is 19.0. The number of amides is 2. The highest BCUT2D eigenvalue weighted by molar-refractivity contribution is 9.10. The number of halogens is 1. The fourth-order valence-corrected chi connectivity index (χ4v) is 3.60. The second kappa shape index (κ2) is 7.11. The van der Waals surface area contributed by atoms with Crippen molar-refractivity contribution in [3.05, 3.63) is 52.8 Å². The van der Waals surface area contributed by atoms with E-state index < -0.39 is 0 Å². The van der Waals surface area contributed by atoms with Crippen molar-refractivity contribution in [2.24, 2.45) is 0 Å². The summed E-state index contributed by atoms with van der Waals surface area (Å²) in [7, 11) is 0. The number of aromatic nitrogens is 4. The number of carbonyl (C=O) groups is 1. The molecule has 4 rings (SSSR count). The Morgan fingerprint density at radius 1 is 1.26 bits per heavy atom. The van der Waals surface area contributed by atoms with Crippen LogP contribution in [0, 0.1) is 0 Å². The molecule has 0 fully saturated rings. The lowest BCUT2D eigenvalue weighted by molar-refractivity contribution is 0.257. The maximum Gasteiger partial charge on any atom is 0.327 e. The van der Waals surface area contributed by atoms with Gasteiger partial charge in [0.15, 0.2) is 5.82 Å². The van der Waals surface area contributed by atoms with Gasteiger partial charge in [0.1, 0.15) is 17.8 Å². The van der Waals surface area contributed by atoms with Gasteiger partial charge in [-0.2, -0.15) is 0 Å². The summed E-state index contributed by atoms with van der Waals surface area (Å²) in [6, 6.07) is 11.5. The molecule has 3 heterocycles. The van der Waals surface area contributed by atoms with Crippen LogP contribution >= 0.6 is 15.9 Å². The van der Waals surface area contributed by atoms with Crippen LogP contribution in [0.15, 0.2) is 47.2 Å². The number of nitrogens with one attached hydrogen (secondary N) is 1. The van der Waals surface area contributed by atoms with Crippen molar-refractivity contribution in [1.29, 1.82) is 0 Å². The van der Waals surface area contributed by atoms with Crippen LogP contribution in [0.25, 0.3) is 11.5 Å². The van der Waals surface area contributed by atoms with Crippen LogP contribution in [-0.4, -0.2) is 32.3 Å². The highest BCUT2D eigenvalue weighted by Crippen LogP contribution is 2.31. The zero-order valence-corrected chi connectivity index (χ0v) is 16.6. The van der Waals surface area contributed by atoms with Gasteiger partial charge in [-0.15, -0.1) is 10.2 Å². The molecule has 0 bridgehead atoms. The Balaban J connectivity index is 1.56. The Morgan fingerprint density at radius 3 is 2.93 bits per heavy atom. The summed E-state index contributed by atoms with van der Waals surface area (Å²) in [5, 5.41) is 11.0. The van der Waals surface area contributed by atoms with Gasteiger partial charge in [-0.1, -0.05) is 22.0 Å². The maximum atomic E-state index is 12.8. The predicted molar refractivity (Wildman–Crippen MR) is 108 cm³/mol. The average Bonchev–Trinajstić information content (AvgIpc) is 3.28. The zero-order valence-electron chi connectivity index (χ0n) is 15.1. The SMILES string of the molecule is CC(C)n1cnnc1-c1cccc(NC(=O)N2CCc3cc(Br)ccc32)n1. The fourth-order valence-electron chi connectivity index (χ4n) is 3.19. The first-order valence-corrected chi connectivity index (χ1v) is 9.56. The molecule has 1 N–H and O–H groups in total. The summed E-state index contributed by atoms with van der Waals surface area (Å²) in [5.41, 5.74) is 2.77. The third-order valence-electron chi connectivity index (χ3n) is 4.52. The summed E-state index contributed by atoms with van der Waals surface area (Å²) in [6.45, 7) is 4.77. The molecule has 3 aromatic rings. The monoisotopic (exact) mass is 426 g/mol. The third kappa shape index (κ3) is 3.44. The number of anilines is 2. The van der Waals surface area contributed by atoms with Crippen LogP contribution in [0.3, 0.4) is 0 Å². The first-order chi connectivity index (χ1) is 13.0. The summed E-state index contributed by atoms with van der Waals surface area (Å²) in [5.74, 6) is 1.17. The van der Waals surface area contributed by atoms with Crippen LogP contribution < -0.4 is 10.2 Å². The van der Waals surface area contributed by atoms with E-state index in [1.165, 1.54) is 0 Å². The molecule has 0 atom stereocenters. The summed E-state index contributed by atoms with van der Waals surface area (Å²) < 4.78 is 2.97. The van der Waals surface area contributed by atoms with E-state index in [2.05, 4.69) is 56.3 Å². The molecule has 1 aliphatic rings. The van der Waals surface area contributed by atoms with Gasteiger partial charge in [-0.05, 0) is 56.2 Å². The average molecular weight is 427 g/mol. The number of fused-ring (bicyclic) bond motifs is 1. The van der Waals surface area contributed by atoms with Crippen molar-refractivity contribution in [3.8, 4) is 11.5 Å². The van der Waals surface area contributed by atoms with Crippen LogP contribution in [0.2, 0.25) is 0 Å². The molecule has 8 heteroatoms. The lowest BCUT2D eigenvalue weighted by atomic mass is 10.2. The number of urea groups is 1. The topological polar surface area (TPSA) is 75.9 Å². The first kappa shape index (κ1) is 17.7. The van der Waals surface area contributed by atoms with Crippen molar-refractivity contribution >= 4 is 33.5 Å². The Labute approximate surface area is 165 Å². The molecule has 0 unspecified atom stereocenters. The molecule has 2 amide bonds. The van der Waals surface area contributed by atoms with Gasteiger partial charge in [0.2, 0.25) is 0 Å². The molecule has 1 aliphatic heterocycles. The van der Waals surface area contributed by atoms with Gasteiger partial charge in [-0.3, -0.25) is 10.2 Å². The van der Waals surface area contributed by atoms with E-state index in [4.69, 9.17) is 0 Å². The quantitative estimate of drug-likeness (QED) is 0.677. The summed E-state index contributed by atoms with van der Waals surface area (Å²) in [4.78, 5) is 19.1. The summed E-state index contributed by atoms with van der Waals surface area (Å²) in [6.07, 6.45) is 2.53. The molecule has 0 saturated carbocycles. The lowest BCUT2D eigenvalue weighted by Crippen LogP contribution is -2.33. The second-order valence-corrected chi connectivity index (χ2v) is 7.58. The summed E-state index contributed by atoms with van der Waals surface area (Å²) >= 11 is 3.48. The number of pyridine rings is 1. The van der Waals surface area contributed by atoms with Crippen LogP contribution in [0.4, 0.5) is 16.3 Å². The second-order valence-electron chi connectivity index (χ2n) is 6.67. The normalized spacial score (nSPS) is 13.1. The minimum atomic E-state index is -0.189. The van der Waals surface area contributed by atoms with Gasteiger partial charge in [0, 0.05) is 22.7 Å². The van der Waals surface area contributed by atoms with Gasteiger partial charge in [0.05, 0.1) is 0 Å². The van der Waals surface area contributed by atoms with Gasteiger partial charge >= 0.3 is 6.03 Å². The van der Waals surface area contributed by atoms with Crippen molar-refractivity contribution in [1.82, 2.24) is 19.7 Å². The Morgan fingerprint density at radius 2 is 2.11 bits per heavy atom. The van der Waals surface area contributed by atoms with E-state index in [0.717, 1.165) is 22.1 Å². The number of hydrogen-bond donors (Lipinski definition) is 1. The molecule has 0 spiro atoms. The fraction of sp³-hybridized carbons (Fsp3) is 0.263. The molecule has 2 aromatic heterocycles. The maximum absolute atomic E-state index is 12.8. The molecule has 7 nitrogen and oxygen atoms in total. The third-order valence-corrected chi connectivity index (χ3v) is 5.02. The van der Waals surface area contributed by atoms with E-state index in [9.17, 15) is 4.79 Å². The minimum absolute atomic E-state index is 0.189. The van der Waals surface area contributed by atoms with Gasteiger partial charge in [-0.25, -0.2) is 9.78 Å². The van der Waals surface area contributed by atoms with E-state index in [0.29, 0.717) is 23.9 Å². The van der Waals surface area contributed by atoms with Gasteiger partial charge < -0.3 is 4.57 Å². The number of hydrogen-bond acceptors (Lipinski definition) is 4. The van der Waals surface area contributed by atoms with Crippen LogP contribution in [0.5, 0.6) is 0 Å². The highest BCUT2D eigenvalue weighted by Gasteiger charge is 2.25. The van der Waals surface area contributed by atoms with E-state index in [-0.39, 0.29) is 12.1 Å². The Kier molecular flexibility index (Phi) is 4.65. The lowest BCUT2D eigenvalue weighted by Gasteiger charge is -2.18. The van der Waals surface area contributed by atoms with E-state index in [1.54, 1.807) is 17.3 Å². The van der Waals surface area contributed by atoms with Gasteiger partial charge in [0.25, 0.3) is 0 Å². The largest absolute Gasteiger partial charge is 0.327 e. The molecule has 0 saturated heterocycles. The van der Waals surface area contributed by atoms with E-state index in [1.807, 2.05) is 28.8 Å². The predicted octanol–water partition coefficient (Wildman–Crippen LogP) is 4.28. The highest BCUT2D eigenvalue weighted by atomic mass is 79.9. The number of rotatable bonds is 3. The van der Waals surface area contributed by atoms with Crippen LogP contribution in [0.1, 0.15) is 25.5 Å². The van der Waals surface area contributed by atoms with E-state index >= 15 is 0 Å². The van der Waals surface area contributed by atoms with Crippen molar-refractivity contribution < 1.29 is 4.79 Å². The molecular weight excluding hydrogens is 408 g/mol. The number of nitrogens with zero attached hydrogens (tertiary/aromatic N) is 5. The van der Waals surface area contributed by atoms with Crippen molar-refractivity contribution in [2.75, 3.05) is 16.8 Å². The number of carbonyl (C=O) groups excluding carboxylic acids is 1. The Bertz CT molecular complexity index is 999. The van der Waals surface area contributed by atoms with Crippen molar-refractivity contribution in [3.63, 3.8) is 0 Å². The standard InChI is InChI=1S/C19H19BrN6O/c1-12(2)26-11-21-24-18(26)15-4-3-5-17(22-15)23-19(27)25-9-8-13-10-14(20)6-7-16(13)25/h3-7,10-12H,8-9H2,1-2H3,(H,22,23,27).